The van der Waals surface area contributed by atoms with Crippen LogP contribution in [0.1, 0.15) is 38.7 Å². The molecule has 1 aliphatic heterocycles. The number of aromatic nitrogens is 1. The molecule has 1 aromatic heterocycles. The molecule has 3 rings (SSSR count). The van der Waals surface area contributed by atoms with Gasteiger partial charge < -0.3 is 15.5 Å². The Morgan fingerprint density at radius 1 is 1.28 bits per heavy atom. The molecule has 0 aliphatic carbocycles. The molecule has 8 nitrogen and oxygen atoms in total. The number of ether oxygens (including phenoxy) is 1. The predicted molar refractivity (Wildman–Crippen MR) is 135 cm³/mol. The van der Waals surface area contributed by atoms with Crippen LogP contribution in [0.5, 0.6) is 5.75 Å². The van der Waals surface area contributed by atoms with Gasteiger partial charge in [-0.1, -0.05) is 19.1 Å². The number of hydrogen-bond donors (Lipinski definition) is 2. The molecule has 1 aliphatic rings. The van der Waals surface area contributed by atoms with E-state index in [1.54, 1.807) is 30.0 Å². The minimum Gasteiger partial charge on any atom is -0.492 e. The number of hydrogen-bond acceptors (Lipinski definition) is 10. The number of nitrogens with zero attached hydrogens (tertiary/aromatic N) is 4. The summed E-state index contributed by atoms with van der Waals surface area (Å²) in [4.78, 5) is 25.7. The summed E-state index contributed by atoms with van der Waals surface area (Å²) in [6, 6.07) is 7.72. The van der Waals surface area contributed by atoms with Gasteiger partial charge >= 0.3 is 0 Å². The van der Waals surface area contributed by atoms with Crippen molar-refractivity contribution in [3.8, 4) is 5.75 Å². The van der Waals surface area contributed by atoms with E-state index < -0.39 is 0 Å². The maximum absolute atomic E-state index is 12.1. The molecule has 0 amide bonds. The summed E-state index contributed by atoms with van der Waals surface area (Å²) in [6.45, 7) is 8.66. The highest BCUT2D eigenvalue weighted by Crippen LogP contribution is 2.37. The molecule has 32 heavy (non-hydrogen) atoms. The zero-order valence-electron chi connectivity index (χ0n) is 18.7. The van der Waals surface area contributed by atoms with Crippen molar-refractivity contribution >= 4 is 51.0 Å². The lowest BCUT2D eigenvalue weighted by Gasteiger charge is -2.11. The molecule has 170 valence electrons. The number of aliphatic imine (C=N–C) groups is 2. The molecule has 2 aromatic rings. The van der Waals surface area contributed by atoms with Gasteiger partial charge in [-0.15, -0.1) is 23.1 Å². The fourth-order valence-electron chi connectivity index (χ4n) is 3.15. The number of carbonyl (C=O) groups is 1. The third-order valence-corrected chi connectivity index (χ3v) is 6.60. The SMILES string of the molecule is CCOc1ccccc1NCN=C(C(C)=O)/C(C)=N\NCC1=NC(c2nccs2)C(C)S1. The lowest BCUT2D eigenvalue weighted by atomic mass is 10.2. The van der Waals surface area contributed by atoms with Crippen LogP contribution in [0.2, 0.25) is 0 Å². The van der Waals surface area contributed by atoms with Crippen LogP contribution in [0.3, 0.4) is 0 Å². The summed E-state index contributed by atoms with van der Waals surface area (Å²) in [5.74, 6) is 0.611. The van der Waals surface area contributed by atoms with Crippen LogP contribution < -0.4 is 15.5 Å². The minimum absolute atomic E-state index is 0.0851. The highest BCUT2D eigenvalue weighted by molar-refractivity contribution is 8.14. The number of benzene rings is 1. The third kappa shape index (κ3) is 6.39. The molecule has 0 spiro atoms. The van der Waals surface area contributed by atoms with Crippen LogP contribution in [0.4, 0.5) is 5.69 Å². The summed E-state index contributed by atoms with van der Waals surface area (Å²) in [5.41, 5.74) is 4.72. The van der Waals surface area contributed by atoms with Crippen molar-refractivity contribution in [1.29, 1.82) is 0 Å². The Bertz CT molecular complexity index is 1000. The largest absolute Gasteiger partial charge is 0.492 e. The molecule has 0 saturated carbocycles. The van der Waals surface area contributed by atoms with Gasteiger partial charge in [-0.2, -0.15) is 5.10 Å². The van der Waals surface area contributed by atoms with E-state index in [1.165, 1.54) is 6.92 Å². The van der Waals surface area contributed by atoms with E-state index >= 15 is 0 Å². The summed E-state index contributed by atoms with van der Waals surface area (Å²) >= 11 is 3.35. The fraction of sp³-hybridized carbons (Fsp3) is 0.409. The van der Waals surface area contributed by atoms with Gasteiger partial charge in [-0.3, -0.25) is 14.8 Å². The van der Waals surface area contributed by atoms with Gasteiger partial charge in [-0.05, 0) is 26.0 Å². The number of carbonyl (C=O) groups excluding carboxylic acids is 1. The van der Waals surface area contributed by atoms with Crippen LogP contribution >= 0.6 is 23.1 Å². The van der Waals surface area contributed by atoms with Crippen molar-refractivity contribution in [3.05, 3.63) is 40.8 Å². The minimum atomic E-state index is -0.141. The number of thioether (sulfide) groups is 1. The van der Waals surface area contributed by atoms with Crippen molar-refractivity contribution in [1.82, 2.24) is 10.4 Å². The summed E-state index contributed by atoms with van der Waals surface area (Å²) in [6.07, 6.45) is 1.81. The van der Waals surface area contributed by atoms with Gasteiger partial charge in [0.2, 0.25) is 0 Å². The molecular weight excluding hydrogens is 444 g/mol. The predicted octanol–water partition coefficient (Wildman–Crippen LogP) is 4.18. The Labute approximate surface area is 196 Å². The maximum Gasteiger partial charge on any atom is 0.179 e. The van der Waals surface area contributed by atoms with Crippen molar-refractivity contribution in [2.75, 3.05) is 25.1 Å². The van der Waals surface area contributed by atoms with Crippen molar-refractivity contribution in [3.63, 3.8) is 0 Å². The third-order valence-electron chi connectivity index (χ3n) is 4.60. The molecule has 2 unspecified atom stereocenters. The second-order valence-corrected chi connectivity index (χ2v) is 9.40. The number of thiazole rings is 1. The monoisotopic (exact) mass is 472 g/mol. The quantitative estimate of drug-likeness (QED) is 0.376. The lowest BCUT2D eigenvalue weighted by Crippen LogP contribution is -2.25. The van der Waals surface area contributed by atoms with Gasteiger partial charge in [0, 0.05) is 23.8 Å². The zero-order valence-corrected chi connectivity index (χ0v) is 20.3. The Kier molecular flexibility index (Phi) is 8.81. The smallest absolute Gasteiger partial charge is 0.179 e. The lowest BCUT2D eigenvalue weighted by molar-refractivity contribution is -0.110. The molecule has 2 heterocycles. The van der Waals surface area contributed by atoms with Crippen LogP contribution in [0.15, 0.2) is 50.9 Å². The second-order valence-electron chi connectivity index (χ2n) is 7.02. The number of rotatable bonds is 11. The van der Waals surface area contributed by atoms with Crippen molar-refractivity contribution in [2.24, 2.45) is 15.1 Å². The van der Waals surface area contributed by atoms with Gasteiger partial charge in [0.25, 0.3) is 0 Å². The molecule has 0 bridgehead atoms. The number of anilines is 1. The molecule has 0 radical (unpaired) electrons. The number of Topliss-reactive ketones (excluding diaryl/α,β-unsaturated/α-hetero) is 1. The summed E-state index contributed by atoms with van der Waals surface area (Å²) < 4.78 is 5.60. The first-order valence-corrected chi connectivity index (χ1v) is 12.2. The topological polar surface area (TPSA) is 100 Å². The van der Waals surface area contributed by atoms with E-state index in [0.29, 0.717) is 29.8 Å². The Morgan fingerprint density at radius 3 is 2.81 bits per heavy atom. The highest BCUT2D eigenvalue weighted by Gasteiger charge is 2.29. The van der Waals surface area contributed by atoms with E-state index in [4.69, 9.17) is 9.73 Å². The first-order chi connectivity index (χ1) is 15.5. The first-order valence-electron chi connectivity index (χ1n) is 10.4. The molecule has 0 fully saturated rings. The molecule has 2 atom stereocenters. The Balaban J connectivity index is 1.58. The van der Waals surface area contributed by atoms with E-state index in [9.17, 15) is 4.79 Å². The molecule has 10 heteroatoms. The first kappa shape index (κ1) is 23.9. The maximum atomic E-state index is 12.1. The zero-order chi connectivity index (χ0) is 22.9. The molecule has 1 aromatic carbocycles. The Morgan fingerprint density at radius 2 is 2.09 bits per heavy atom. The van der Waals surface area contributed by atoms with Crippen molar-refractivity contribution in [2.45, 2.75) is 39.0 Å². The average molecular weight is 473 g/mol. The number of nitrogens with one attached hydrogen (secondary N) is 2. The molecular formula is C22H28N6O2S2. The standard InChI is InChI=1S/C22H28N6O2S2/c1-5-30-18-9-7-6-8-17(18)24-13-25-20(15(3)29)14(2)28-26-12-19-27-21(16(4)32-19)22-23-10-11-31-22/h6-11,16,21,24,26H,5,12-13H2,1-4H3/b25-20?,28-14-. The number of hydrazone groups is 1. The van der Waals surface area contributed by atoms with E-state index in [2.05, 4.69) is 32.7 Å². The van der Waals surface area contributed by atoms with E-state index in [0.717, 1.165) is 21.5 Å². The fourth-order valence-corrected chi connectivity index (χ4v) is 5.09. The molecule has 0 saturated heterocycles. The highest BCUT2D eigenvalue weighted by atomic mass is 32.2. The van der Waals surface area contributed by atoms with E-state index in [1.807, 2.05) is 42.8 Å². The van der Waals surface area contributed by atoms with Gasteiger partial charge in [0.05, 0.1) is 29.6 Å². The molecule has 2 N–H and O–H groups in total. The van der Waals surface area contributed by atoms with Crippen LogP contribution in [-0.2, 0) is 4.79 Å². The van der Waals surface area contributed by atoms with Gasteiger partial charge in [0.15, 0.2) is 5.78 Å². The van der Waals surface area contributed by atoms with Crippen LogP contribution in [-0.4, -0.2) is 52.3 Å². The van der Waals surface area contributed by atoms with Crippen LogP contribution in [0, 0.1) is 0 Å². The van der Waals surface area contributed by atoms with Crippen molar-refractivity contribution < 1.29 is 9.53 Å². The van der Waals surface area contributed by atoms with Gasteiger partial charge in [0.1, 0.15) is 29.2 Å². The average Bonchev–Trinajstić information content (AvgIpc) is 3.41. The van der Waals surface area contributed by atoms with Gasteiger partial charge in [-0.25, -0.2) is 4.98 Å². The van der Waals surface area contributed by atoms with Crippen LogP contribution in [0.25, 0.3) is 0 Å². The summed E-state index contributed by atoms with van der Waals surface area (Å²) in [5, 5.41) is 11.9. The number of ketones is 1. The summed E-state index contributed by atoms with van der Waals surface area (Å²) in [7, 11) is 0. The second kappa shape index (κ2) is 11.8. The Hall–Kier alpha value is -2.72. The van der Waals surface area contributed by atoms with E-state index in [-0.39, 0.29) is 18.5 Å². The normalized spacial score (nSPS) is 18.9. The number of para-hydroxylation sites is 2.